The number of ketones is 1. The van der Waals surface area contributed by atoms with E-state index >= 15 is 0 Å². The van der Waals surface area contributed by atoms with Gasteiger partial charge in [0, 0.05) is 5.92 Å². The van der Waals surface area contributed by atoms with Crippen molar-refractivity contribution in [2.24, 2.45) is 17.8 Å². The quantitative estimate of drug-likeness (QED) is 0.615. The lowest BCUT2D eigenvalue weighted by molar-refractivity contribution is -0.118. The van der Waals surface area contributed by atoms with E-state index in [9.17, 15) is 4.79 Å². The molecule has 1 saturated heterocycles. The molecule has 2 rings (SSSR count). The van der Waals surface area contributed by atoms with Crippen LogP contribution in [0.4, 0.5) is 0 Å². The zero-order chi connectivity index (χ0) is 9.59. The van der Waals surface area contributed by atoms with Crippen LogP contribution < -0.4 is 0 Å². The Bertz CT molecular complexity index is 276. The monoisotopic (exact) mass is 180 g/mol. The second-order valence-corrected chi connectivity index (χ2v) is 4.35. The van der Waals surface area contributed by atoms with Gasteiger partial charge in [-0.1, -0.05) is 19.4 Å². The van der Waals surface area contributed by atoms with Crippen molar-refractivity contribution in [2.45, 2.75) is 20.8 Å². The molecule has 0 aromatic carbocycles. The highest BCUT2D eigenvalue weighted by atomic mass is 16.5. The van der Waals surface area contributed by atoms with Gasteiger partial charge in [0.15, 0.2) is 5.78 Å². The lowest BCUT2D eigenvalue weighted by Crippen LogP contribution is -2.16. The molecule has 0 amide bonds. The average molecular weight is 180 g/mol. The maximum Gasteiger partial charge on any atom is 0.164 e. The predicted octanol–water partition coefficient (Wildman–Crippen LogP) is 1.80. The lowest BCUT2D eigenvalue weighted by Gasteiger charge is -2.14. The molecule has 1 fully saturated rings. The van der Waals surface area contributed by atoms with E-state index in [1.54, 1.807) is 0 Å². The Kier molecular flexibility index (Phi) is 2.03. The Morgan fingerprint density at radius 3 is 2.54 bits per heavy atom. The Labute approximate surface area is 79.0 Å². The number of hydrogen-bond acceptors (Lipinski definition) is 2. The van der Waals surface area contributed by atoms with Crippen molar-refractivity contribution in [1.29, 1.82) is 0 Å². The van der Waals surface area contributed by atoms with Gasteiger partial charge in [0.25, 0.3) is 0 Å². The molecule has 0 radical (unpaired) electrons. The number of carbonyl (C=O) groups excluding carboxylic acids is 1. The van der Waals surface area contributed by atoms with Gasteiger partial charge in [0.2, 0.25) is 0 Å². The Morgan fingerprint density at radius 1 is 1.31 bits per heavy atom. The van der Waals surface area contributed by atoms with Crippen molar-refractivity contribution in [2.75, 3.05) is 13.2 Å². The third-order valence-corrected chi connectivity index (χ3v) is 3.24. The minimum Gasteiger partial charge on any atom is -0.380 e. The van der Waals surface area contributed by atoms with Crippen LogP contribution in [0, 0.1) is 17.8 Å². The van der Waals surface area contributed by atoms with Crippen LogP contribution >= 0.6 is 0 Å². The SMILES string of the molecule is CC1=C(C(C)C)[C@@H]2COC[C@@H]2C1=O. The predicted molar refractivity (Wildman–Crippen MR) is 50.3 cm³/mol. The third kappa shape index (κ3) is 1.16. The number of rotatable bonds is 1. The highest BCUT2D eigenvalue weighted by molar-refractivity contribution is 6.01. The molecule has 13 heavy (non-hydrogen) atoms. The fourth-order valence-corrected chi connectivity index (χ4v) is 2.68. The molecular formula is C11H16O2. The first-order chi connectivity index (χ1) is 6.13. The number of carbonyl (C=O) groups is 1. The zero-order valence-corrected chi connectivity index (χ0v) is 8.46. The molecule has 72 valence electrons. The number of allylic oxidation sites excluding steroid dienone is 1. The fourth-order valence-electron chi connectivity index (χ4n) is 2.68. The first-order valence-corrected chi connectivity index (χ1v) is 4.95. The molecule has 0 unspecified atom stereocenters. The van der Waals surface area contributed by atoms with E-state index in [0.29, 0.717) is 24.2 Å². The third-order valence-electron chi connectivity index (χ3n) is 3.24. The molecule has 0 N–H and O–H groups in total. The molecule has 2 atom stereocenters. The van der Waals surface area contributed by atoms with E-state index < -0.39 is 0 Å². The normalized spacial score (nSPS) is 33.4. The molecule has 2 aliphatic rings. The van der Waals surface area contributed by atoms with Gasteiger partial charge in [0.05, 0.1) is 19.1 Å². The number of fused-ring (bicyclic) bond motifs is 1. The number of ether oxygens (including phenoxy) is 1. The Morgan fingerprint density at radius 2 is 1.92 bits per heavy atom. The van der Waals surface area contributed by atoms with Crippen LogP contribution in [0.1, 0.15) is 20.8 Å². The summed E-state index contributed by atoms with van der Waals surface area (Å²) in [6.07, 6.45) is 0. The van der Waals surface area contributed by atoms with Gasteiger partial charge in [-0.3, -0.25) is 4.79 Å². The molecule has 1 aliphatic carbocycles. The van der Waals surface area contributed by atoms with Crippen LogP contribution in [-0.4, -0.2) is 19.0 Å². The van der Waals surface area contributed by atoms with Crippen molar-refractivity contribution < 1.29 is 9.53 Å². The first kappa shape index (κ1) is 8.95. The summed E-state index contributed by atoms with van der Waals surface area (Å²) in [5.41, 5.74) is 2.35. The molecule has 1 heterocycles. The van der Waals surface area contributed by atoms with Gasteiger partial charge >= 0.3 is 0 Å². The standard InChI is InChI=1S/C11H16O2/c1-6(2)10-7(3)11(12)9-5-13-4-8(9)10/h6,8-9H,4-5H2,1-3H3/t8-,9+/m1/s1. The molecule has 0 aromatic heterocycles. The van der Waals surface area contributed by atoms with Crippen LogP contribution in [-0.2, 0) is 9.53 Å². The first-order valence-electron chi connectivity index (χ1n) is 4.95. The van der Waals surface area contributed by atoms with Crippen LogP contribution in [0.25, 0.3) is 0 Å². The van der Waals surface area contributed by atoms with Gasteiger partial charge < -0.3 is 4.74 Å². The lowest BCUT2D eigenvalue weighted by atomic mass is 9.88. The van der Waals surface area contributed by atoms with E-state index in [4.69, 9.17) is 4.74 Å². The summed E-state index contributed by atoms with van der Waals surface area (Å²) < 4.78 is 5.36. The van der Waals surface area contributed by atoms with Crippen molar-refractivity contribution in [3.63, 3.8) is 0 Å². The van der Waals surface area contributed by atoms with Gasteiger partial charge in [-0.2, -0.15) is 0 Å². The van der Waals surface area contributed by atoms with Crippen molar-refractivity contribution in [3.8, 4) is 0 Å². The summed E-state index contributed by atoms with van der Waals surface area (Å²) in [6, 6.07) is 0. The van der Waals surface area contributed by atoms with Gasteiger partial charge in [-0.05, 0) is 18.4 Å². The maximum atomic E-state index is 11.8. The largest absolute Gasteiger partial charge is 0.380 e. The van der Waals surface area contributed by atoms with Crippen molar-refractivity contribution >= 4 is 5.78 Å². The Balaban J connectivity index is 2.37. The summed E-state index contributed by atoms with van der Waals surface area (Å²) in [6.45, 7) is 7.67. The highest BCUT2D eigenvalue weighted by Gasteiger charge is 2.44. The van der Waals surface area contributed by atoms with Gasteiger partial charge in [-0.15, -0.1) is 0 Å². The number of Topliss-reactive ketones (excluding diaryl/α,β-unsaturated/α-hetero) is 1. The topological polar surface area (TPSA) is 26.3 Å². The van der Waals surface area contributed by atoms with E-state index in [2.05, 4.69) is 13.8 Å². The summed E-state index contributed by atoms with van der Waals surface area (Å²) in [5, 5.41) is 0. The molecule has 1 aliphatic heterocycles. The summed E-state index contributed by atoms with van der Waals surface area (Å²) in [4.78, 5) is 11.8. The summed E-state index contributed by atoms with van der Waals surface area (Å²) in [5.74, 6) is 1.36. The average Bonchev–Trinajstić information content (AvgIpc) is 2.57. The van der Waals surface area contributed by atoms with Gasteiger partial charge in [0.1, 0.15) is 0 Å². The molecule has 0 aromatic rings. The maximum absolute atomic E-state index is 11.8. The molecule has 0 spiro atoms. The smallest absolute Gasteiger partial charge is 0.164 e. The molecule has 0 bridgehead atoms. The van der Waals surface area contributed by atoms with Crippen LogP contribution in [0.5, 0.6) is 0 Å². The fraction of sp³-hybridized carbons (Fsp3) is 0.727. The van der Waals surface area contributed by atoms with E-state index in [1.165, 1.54) is 5.57 Å². The van der Waals surface area contributed by atoms with Crippen LogP contribution in [0.2, 0.25) is 0 Å². The minimum atomic E-state index is 0.150. The van der Waals surface area contributed by atoms with Crippen molar-refractivity contribution in [3.05, 3.63) is 11.1 Å². The molecule has 0 saturated carbocycles. The van der Waals surface area contributed by atoms with E-state index in [0.717, 1.165) is 12.2 Å². The summed E-state index contributed by atoms with van der Waals surface area (Å²) >= 11 is 0. The van der Waals surface area contributed by atoms with E-state index in [-0.39, 0.29) is 5.92 Å². The van der Waals surface area contributed by atoms with E-state index in [1.807, 2.05) is 6.92 Å². The second kappa shape index (κ2) is 2.95. The molecule has 2 heteroatoms. The second-order valence-electron chi connectivity index (χ2n) is 4.35. The van der Waals surface area contributed by atoms with Crippen molar-refractivity contribution in [1.82, 2.24) is 0 Å². The van der Waals surface area contributed by atoms with Crippen LogP contribution in [0.3, 0.4) is 0 Å². The highest BCUT2D eigenvalue weighted by Crippen LogP contribution is 2.41. The number of hydrogen-bond donors (Lipinski definition) is 0. The zero-order valence-electron chi connectivity index (χ0n) is 8.46. The van der Waals surface area contributed by atoms with Crippen LogP contribution in [0.15, 0.2) is 11.1 Å². The summed E-state index contributed by atoms with van der Waals surface area (Å²) in [7, 11) is 0. The minimum absolute atomic E-state index is 0.150. The molecule has 2 nitrogen and oxygen atoms in total. The van der Waals surface area contributed by atoms with Gasteiger partial charge in [-0.25, -0.2) is 0 Å². The Hall–Kier alpha value is -0.630. The molecular weight excluding hydrogens is 164 g/mol.